The van der Waals surface area contributed by atoms with E-state index in [1.807, 2.05) is 0 Å². The third-order valence-corrected chi connectivity index (χ3v) is 3.41. The second kappa shape index (κ2) is 9.90. The fourth-order valence-corrected chi connectivity index (χ4v) is 2.09. The molecule has 1 N–H and O–H groups in total. The normalized spacial score (nSPS) is 13.9. The van der Waals surface area contributed by atoms with Crippen LogP contribution in [0.2, 0.25) is 0 Å². The zero-order chi connectivity index (χ0) is 13.3. The lowest BCUT2D eigenvalue weighted by atomic mass is 10.1. The molecule has 0 aromatic carbocycles. The maximum absolute atomic E-state index is 3.33. The largest absolute Gasteiger partial charge is 0.318 e. The van der Waals surface area contributed by atoms with Crippen LogP contribution in [0.3, 0.4) is 0 Å². The van der Waals surface area contributed by atoms with E-state index in [0.29, 0.717) is 6.04 Å². The monoisotopic (exact) mass is 242 g/mol. The van der Waals surface area contributed by atoms with Gasteiger partial charge in [-0.25, -0.2) is 0 Å². The highest BCUT2D eigenvalue weighted by molar-refractivity contribution is 4.73. The Morgan fingerprint density at radius 1 is 0.941 bits per heavy atom. The zero-order valence-electron chi connectivity index (χ0n) is 12.9. The van der Waals surface area contributed by atoms with E-state index in [0.717, 1.165) is 18.4 Å². The molecule has 0 aromatic rings. The molecule has 0 fully saturated rings. The summed E-state index contributed by atoms with van der Waals surface area (Å²) in [6.07, 6.45) is 3.88. The first kappa shape index (κ1) is 16.9. The molecule has 0 aromatic heterocycles. The molecular weight excluding hydrogens is 208 g/mol. The third-order valence-electron chi connectivity index (χ3n) is 3.41. The predicted octanol–water partition coefficient (Wildman–Crippen LogP) is 3.38. The zero-order valence-corrected chi connectivity index (χ0v) is 12.9. The Hall–Kier alpha value is -0.0800. The maximum atomic E-state index is 3.33. The minimum Gasteiger partial charge on any atom is -0.318 e. The first-order chi connectivity index (χ1) is 8.01. The Labute approximate surface area is 109 Å². The van der Waals surface area contributed by atoms with Crippen LogP contribution in [0, 0.1) is 11.8 Å². The van der Waals surface area contributed by atoms with Gasteiger partial charge < -0.3 is 5.32 Å². The second-order valence-corrected chi connectivity index (χ2v) is 6.02. The van der Waals surface area contributed by atoms with Gasteiger partial charge >= 0.3 is 0 Å². The number of nitrogens with one attached hydrogen (secondary N) is 1. The van der Waals surface area contributed by atoms with E-state index < -0.39 is 0 Å². The summed E-state index contributed by atoms with van der Waals surface area (Å²) in [6, 6.07) is 0.706. The minimum atomic E-state index is 0.706. The van der Waals surface area contributed by atoms with Crippen LogP contribution < -0.4 is 5.32 Å². The van der Waals surface area contributed by atoms with Crippen LogP contribution in [0.1, 0.15) is 53.9 Å². The van der Waals surface area contributed by atoms with Gasteiger partial charge in [-0.2, -0.15) is 0 Å². The molecule has 0 aliphatic rings. The van der Waals surface area contributed by atoms with Crippen molar-refractivity contribution in [3.05, 3.63) is 0 Å². The molecule has 0 spiro atoms. The Morgan fingerprint density at radius 3 is 1.71 bits per heavy atom. The van der Waals surface area contributed by atoms with Crippen molar-refractivity contribution in [3.63, 3.8) is 0 Å². The molecule has 0 saturated heterocycles. The number of likely N-dealkylation sites (N-methyl/N-ethyl adjacent to an activating group) is 1. The molecule has 1 unspecified atom stereocenters. The SMILES string of the molecule is CCC(CNC)N(CCC(C)C)CCC(C)C. The molecule has 104 valence electrons. The fourth-order valence-electron chi connectivity index (χ4n) is 2.09. The van der Waals surface area contributed by atoms with Crippen LogP contribution in [0.4, 0.5) is 0 Å². The molecule has 0 amide bonds. The Bertz CT molecular complexity index is 154. The van der Waals surface area contributed by atoms with Gasteiger partial charge in [0.15, 0.2) is 0 Å². The number of hydrogen-bond acceptors (Lipinski definition) is 2. The van der Waals surface area contributed by atoms with Crippen molar-refractivity contribution in [3.8, 4) is 0 Å². The molecule has 0 aliphatic heterocycles. The second-order valence-electron chi connectivity index (χ2n) is 6.02. The van der Waals surface area contributed by atoms with Gasteiger partial charge in [-0.1, -0.05) is 34.6 Å². The Kier molecular flexibility index (Phi) is 9.85. The van der Waals surface area contributed by atoms with Gasteiger partial charge in [-0.15, -0.1) is 0 Å². The predicted molar refractivity (Wildman–Crippen MR) is 78.5 cm³/mol. The molecule has 1 atom stereocenters. The van der Waals surface area contributed by atoms with Crippen molar-refractivity contribution >= 4 is 0 Å². The van der Waals surface area contributed by atoms with Crippen LogP contribution in [0.15, 0.2) is 0 Å². The van der Waals surface area contributed by atoms with E-state index in [9.17, 15) is 0 Å². The van der Waals surface area contributed by atoms with Crippen molar-refractivity contribution in [2.24, 2.45) is 11.8 Å². The van der Waals surface area contributed by atoms with Crippen molar-refractivity contribution in [1.82, 2.24) is 10.2 Å². The summed E-state index contributed by atoms with van der Waals surface area (Å²) in [5, 5.41) is 3.33. The van der Waals surface area contributed by atoms with Crippen molar-refractivity contribution in [2.45, 2.75) is 59.9 Å². The summed E-state index contributed by atoms with van der Waals surface area (Å²) < 4.78 is 0. The van der Waals surface area contributed by atoms with Gasteiger partial charge in [-0.3, -0.25) is 4.90 Å². The highest BCUT2D eigenvalue weighted by Gasteiger charge is 2.16. The number of nitrogens with zero attached hydrogens (tertiary/aromatic N) is 1. The van der Waals surface area contributed by atoms with Gasteiger partial charge in [0.1, 0.15) is 0 Å². The van der Waals surface area contributed by atoms with E-state index in [4.69, 9.17) is 0 Å². The summed E-state index contributed by atoms with van der Waals surface area (Å²) in [5.41, 5.74) is 0. The maximum Gasteiger partial charge on any atom is 0.0217 e. The van der Waals surface area contributed by atoms with E-state index in [-0.39, 0.29) is 0 Å². The smallest absolute Gasteiger partial charge is 0.0217 e. The molecule has 0 radical (unpaired) electrons. The summed E-state index contributed by atoms with van der Waals surface area (Å²) in [7, 11) is 2.06. The molecule has 2 nitrogen and oxygen atoms in total. The topological polar surface area (TPSA) is 15.3 Å². The Balaban J connectivity index is 4.24. The van der Waals surface area contributed by atoms with Gasteiger partial charge in [0, 0.05) is 12.6 Å². The Morgan fingerprint density at radius 2 is 1.41 bits per heavy atom. The molecule has 0 aliphatic carbocycles. The van der Waals surface area contributed by atoms with Crippen LogP contribution in [-0.4, -0.2) is 37.6 Å². The van der Waals surface area contributed by atoms with E-state index >= 15 is 0 Å². The van der Waals surface area contributed by atoms with Gasteiger partial charge in [0.25, 0.3) is 0 Å². The fraction of sp³-hybridized carbons (Fsp3) is 1.00. The molecule has 0 rings (SSSR count). The molecule has 0 bridgehead atoms. The standard InChI is InChI=1S/C15H34N2/c1-7-15(12-16-6)17(10-8-13(2)3)11-9-14(4)5/h13-16H,7-12H2,1-6H3. The summed E-state index contributed by atoms with van der Waals surface area (Å²) in [5.74, 6) is 1.62. The quantitative estimate of drug-likeness (QED) is 0.632. The number of rotatable bonds is 10. The van der Waals surface area contributed by atoms with Crippen molar-refractivity contribution in [1.29, 1.82) is 0 Å². The highest BCUT2D eigenvalue weighted by Crippen LogP contribution is 2.11. The summed E-state index contributed by atoms with van der Waals surface area (Å²) >= 11 is 0. The lowest BCUT2D eigenvalue weighted by Crippen LogP contribution is -2.42. The first-order valence-corrected chi connectivity index (χ1v) is 7.39. The summed E-state index contributed by atoms with van der Waals surface area (Å²) in [6.45, 7) is 15.2. The minimum absolute atomic E-state index is 0.706. The van der Waals surface area contributed by atoms with Gasteiger partial charge in [0.05, 0.1) is 0 Å². The highest BCUT2D eigenvalue weighted by atomic mass is 15.2. The van der Waals surface area contributed by atoms with Gasteiger partial charge in [0.2, 0.25) is 0 Å². The lowest BCUT2D eigenvalue weighted by Gasteiger charge is -2.32. The van der Waals surface area contributed by atoms with Crippen LogP contribution in [-0.2, 0) is 0 Å². The van der Waals surface area contributed by atoms with Crippen molar-refractivity contribution < 1.29 is 0 Å². The molecule has 17 heavy (non-hydrogen) atoms. The molecule has 2 heteroatoms. The average molecular weight is 242 g/mol. The summed E-state index contributed by atoms with van der Waals surface area (Å²) in [4.78, 5) is 2.69. The van der Waals surface area contributed by atoms with Gasteiger partial charge in [-0.05, 0) is 51.2 Å². The molecule has 0 heterocycles. The van der Waals surface area contributed by atoms with E-state index in [2.05, 4.69) is 51.9 Å². The third kappa shape index (κ3) is 8.62. The van der Waals surface area contributed by atoms with E-state index in [1.165, 1.54) is 32.4 Å². The number of hydrogen-bond donors (Lipinski definition) is 1. The first-order valence-electron chi connectivity index (χ1n) is 7.39. The molecule has 0 saturated carbocycles. The molecular formula is C15H34N2. The van der Waals surface area contributed by atoms with Crippen LogP contribution in [0.25, 0.3) is 0 Å². The van der Waals surface area contributed by atoms with Crippen LogP contribution >= 0.6 is 0 Å². The average Bonchev–Trinajstić information content (AvgIpc) is 2.26. The van der Waals surface area contributed by atoms with Crippen molar-refractivity contribution in [2.75, 3.05) is 26.7 Å². The lowest BCUT2D eigenvalue weighted by molar-refractivity contribution is 0.170. The van der Waals surface area contributed by atoms with E-state index in [1.54, 1.807) is 0 Å². The van der Waals surface area contributed by atoms with Crippen LogP contribution in [0.5, 0.6) is 0 Å².